The van der Waals surface area contributed by atoms with Crippen LogP contribution in [-0.4, -0.2) is 47.3 Å². The van der Waals surface area contributed by atoms with Gasteiger partial charge in [-0.2, -0.15) is 0 Å². The predicted octanol–water partition coefficient (Wildman–Crippen LogP) is 0.0878. The molecule has 1 atom stereocenters. The molecule has 0 spiro atoms. The number of nitrogens with zero attached hydrogens (tertiary/aromatic N) is 1. The van der Waals surface area contributed by atoms with Gasteiger partial charge in [-0.1, -0.05) is 6.07 Å². The van der Waals surface area contributed by atoms with Crippen LogP contribution in [0.25, 0.3) is 0 Å². The lowest BCUT2D eigenvalue weighted by molar-refractivity contribution is -0.137. The number of ether oxygens (including phenoxy) is 2. The van der Waals surface area contributed by atoms with Crippen LogP contribution in [0.2, 0.25) is 0 Å². The summed E-state index contributed by atoms with van der Waals surface area (Å²) >= 11 is 0. The van der Waals surface area contributed by atoms with Crippen molar-refractivity contribution < 1.29 is 34.1 Å². The summed E-state index contributed by atoms with van der Waals surface area (Å²) in [5.41, 5.74) is 11.4. The number of benzene rings is 2. The number of phenols is 1. The zero-order valence-electron chi connectivity index (χ0n) is 16.7. The highest BCUT2D eigenvalue weighted by Gasteiger charge is 2.25. The van der Waals surface area contributed by atoms with Crippen LogP contribution in [0, 0.1) is 0 Å². The van der Waals surface area contributed by atoms with Gasteiger partial charge in [-0.25, -0.2) is 4.99 Å². The molecule has 0 fully saturated rings. The number of aromatic hydroxyl groups is 1. The minimum absolute atomic E-state index is 0.0371. The van der Waals surface area contributed by atoms with Crippen molar-refractivity contribution in [1.29, 1.82) is 0 Å². The maximum atomic E-state index is 12.4. The molecule has 0 saturated heterocycles. The Morgan fingerprint density at radius 2 is 1.84 bits per heavy atom. The van der Waals surface area contributed by atoms with E-state index in [9.17, 15) is 24.6 Å². The average Bonchev–Trinajstić information content (AvgIpc) is 3.17. The number of hydrogen-bond acceptors (Lipinski definition) is 7. The molecule has 1 aliphatic rings. The Morgan fingerprint density at radius 3 is 2.53 bits per heavy atom. The molecule has 0 radical (unpaired) electrons. The van der Waals surface area contributed by atoms with E-state index in [2.05, 4.69) is 15.6 Å². The molecule has 12 heteroatoms. The molecule has 1 unspecified atom stereocenters. The molecule has 32 heavy (non-hydrogen) atoms. The molecule has 2 aromatic rings. The SMILES string of the molecule is NC(N)=Nc1cccc(C(=O)NCC(=O)NC(CC(=O)O)c2cc3c(cc2O)OCO3)c1. The molecule has 0 bridgehead atoms. The largest absolute Gasteiger partial charge is 0.507 e. The highest BCUT2D eigenvalue weighted by molar-refractivity contribution is 5.97. The van der Waals surface area contributed by atoms with Crippen molar-refractivity contribution in [2.24, 2.45) is 16.5 Å². The van der Waals surface area contributed by atoms with Gasteiger partial charge in [0.1, 0.15) is 5.75 Å². The molecule has 3 rings (SSSR count). The first-order chi connectivity index (χ1) is 15.2. The van der Waals surface area contributed by atoms with Gasteiger partial charge < -0.3 is 41.8 Å². The van der Waals surface area contributed by atoms with Gasteiger partial charge in [-0.15, -0.1) is 0 Å². The predicted molar refractivity (Wildman–Crippen MR) is 112 cm³/mol. The Bertz CT molecular complexity index is 1080. The van der Waals surface area contributed by atoms with Crippen LogP contribution in [0.5, 0.6) is 17.2 Å². The van der Waals surface area contributed by atoms with Crippen LogP contribution in [-0.2, 0) is 9.59 Å². The van der Waals surface area contributed by atoms with Gasteiger partial charge in [0, 0.05) is 17.2 Å². The Balaban J connectivity index is 1.67. The van der Waals surface area contributed by atoms with Crippen molar-refractivity contribution >= 4 is 29.4 Å². The number of amides is 2. The van der Waals surface area contributed by atoms with Crippen LogP contribution < -0.4 is 31.6 Å². The highest BCUT2D eigenvalue weighted by Crippen LogP contribution is 2.40. The number of carbonyl (C=O) groups excluding carboxylic acids is 2. The van der Waals surface area contributed by atoms with Crippen LogP contribution in [0.4, 0.5) is 5.69 Å². The molecule has 12 nitrogen and oxygen atoms in total. The Hall–Kier alpha value is -4.48. The molecule has 0 saturated carbocycles. The lowest BCUT2D eigenvalue weighted by Crippen LogP contribution is -2.39. The minimum Gasteiger partial charge on any atom is -0.507 e. The number of aliphatic carboxylic acids is 1. The number of phenolic OH excluding ortho intramolecular Hbond substituents is 1. The standard InChI is InChI=1S/C20H21N5O7/c21-20(22)24-11-3-1-2-10(4-11)19(30)23-8-17(27)25-13(6-18(28)29)12-5-15-16(7-14(12)26)32-9-31-15/h1-5,7,13,26H,6,8-9H2,(H,23,30)(H,25,27)(H,28,29)(H4,21,22,24). The van der Waals surface area contributed by atoms with Crippen molar-refractivity contribution in [2.45, 2.75) is 12.5 Å². The number of rotatable bonds is 8. The number of nitrogens with two attached hydrogens (primary N) is 2. The van der Waals surface area contributed by atoms with Gasteiger partial charge in [0.25, 0.3) is 5.91 Å². The quantitative estimate of drug-likeness (QED) is 0.242. The molecule has 8 N–H and O–H groups in total. The molecule has 1 aliphatic heterocycles. The molecule has 0 aromatic heterocycles. The van der Waals surface area contributed by atoms with Gasteiger partial charge in [0.05, 0.1) is 24.7 Å². The molecule has 1 heterocycles. The number of hydrogen-bond donors (Lipinski definition) is 6. The number of fused-ring (bicyclic) bond motifs is 1. The summed E-state index contributed by atoms with van der Waals surface area (Å²) in [7, 11) is 0. The van der Waals surface area contributed by atoms with Gasteiger partial charge in [0.15, 0.2) is 17.5 Å². The number of aliphatic imine (C=N–C) groups is 1. The van der Waals surface area contributed by atoms with Crippen molar-refractivity contribution in [1.82, 2.24) is 10.6 Å². The fourth-order valence-corrected chi connectivity index (χ4v) is 3.01. The number of carboxylic acids is 1. The third kappa shape index (κ3) is 5.56. The van der Waals surface area contributed by atoms with Crippen molar-refractivity contribution in [3.05, 3.63) is 47.5 Å². The first-order valence-electron chi connectivity index (χ1n) is 9.34. The zero-order valence-corrected chi connectivity index (χ0v) is 16.7. The molecule has 0 aliphatic carbocycles. The Kier molecular flexibility index (Phi) is 6.63. The first kappa shape index (κ1) is 22.2. The summed E-state index contributed by atoms with van der Waals surface area (Å²) in [5.74, 6) is -2.23. The summed E-state index contributed by atoms with van der Waals surface area (Å²) < 4.78 is 10.4. The minimum atomic E-state index is -1.20. The highest BCUT2D eigenvalue weighted by atomic mass is 16.7. The normalized spacial score (nSPS) is 12.5. The maximum Gasteiger partial charge on any atom is 0.305 e. The monoisotopic (exact) mass is 443 g/mol. The van der Waals surface area contributed by atoms with E-state index < -0.39 is 36.8 Å². The fraction of sp³-hybridized carbons (Fsp3) is 0.200. The number of carboxylic acid groups (broad SMARTS) is 1. The number of guanidine groups is 1. The van der Waals surface area contributed by atoms with E-state index in [-0.39, 0.29) is 29.6 Å². The van der Waals surface area contributed by atoms with Crippen molar-refractivity contribution in [3.8, 4) is 17.2 Å². The van der Waals surface area contributed by atoms with E-state index in [1.54, 1.807) is 12.1 Å². The Labute approximate surface area is 181 Å². The molecule has 2 amide bonds. The second-order valence-corrected chi connectivity index (χ2v) is 6.75. The van der Waals surface area contributed by atoms with E-state index in [0.717, 1.165) is 0 Å². The zero-order chi connectivity index (χ0) is 23.3. The van der Waals surface area contributed by atoms with Crippen LogP contribution in [0.15, 0.2) is 41.4 Å². The van der Waals surface area contributed by atoms with E-state index in [1.165, 1.54) is 24.3 Å². The van der Waals surface area contributed by atoms with Crippen LogP contribution in [0.1, 0.15) is 28.4 Å². The number of nitrogens with one attached hydrogen (secondary N) is 2. The summed E-state index contributed by atoms with van der Waals surface area (Å²) in [5, 5.41) is 24.4. The van der Waals surface area contributed by atoms with Crippen LogP contribution in [0.3, 0.4) is 0 Å². The molecular formula is C20H21N5O7. The van der Waals surface area contributed by atoms with Gasteiger partial charge >= 0.3 is 5.97 Å². The van der Waals surface area contributed by atoms with Gasteiger partial charge in [0.2, 0.25) is 12.7 Å². The third-order valence-electron chi connectivity index (χ3n) is 4.39. The summed E-state index contributed by atoms with van der Waals surface area (Å²) in [6, 6.07) is 7.72. The van der Waals surface area contributed by atoms with E-state index >= 15 is 0 Å². The summed E-state index contributed by atoms with van der Waals surface area (Å²) in [6.45, 7) is -0.475. The van der Waals surface area contributed by atoms with Gasteiger partial charge in [-0.05, 0) is 24.3 Å². The molecule has 168 valence electrons. The lowest BCUT2D eigenvalue weighted by Gasteiger charge is -2.19. The van der Waals surface area contributed by atoms with E-state index in [4.69, 9.17) is 20.9 Å². The maximum absolute atomic E-state index is 12.4. The topological polar surface area (TPSA) is 199 Å². The van der Waals surface area contributed by atoms with Crippen molar-refractivity contribution in [3.63, 3.8) is 0 Å². The first-order valence-corrected chi connectivity index (χ1v) is 9.34. The smallest absolute Gasteiger partial charge is 0.305 e. The second kappa shape index (κ2) is 9.55. The Morgan fingerprint density at radius 1 is 1.12 bits per heavy atom. The lowest BCUT2D eigenvalue weighted by atomic mass is 10.0. The molecule has 2 aromatic carbocycles. The average molecular weight is 443 g/mol. The van der Waals surface area contributed by atoms with Crippen molar-refractivity contribution in [2.75, 3.05) is 13.3 Å². The summed E-state index contributed by atoms with van der Waals surface area (Å²) in [4.78, 5) is 39.9. The fourth-order valence-electron chi connectivity index (χ4n) is 3.01. The number of carbonyl (C=O) groups is 3. The van der Waals surface area contributed by atoms with E-state index in [1.807, 2.05) is 0 Å². The van der Waals surface area contributed by atoms with E-state index in [0.29, 0.717) is 17.2 Å². The van der Waals surface area contributed by atoms with Gasteiger partial charge in [-0.3, -0.25) is 14.4 Å². The van der Waals surface area contributed by atoms with Crippen LogP contribution >= 0.6 is 0 Å². The second-order valence-electron chi connectivity index (χ2n) is 6.75. The summed E-state index contributed by atoms with van der Waals surface area (Å²) in [6.07, 6.45) is -0.506. The third-order valence-corrected chi connectivity index (χ3v) is 4.39. The molecular weight excluding hydrogens is 422 g/mol.